The lowest BCUT2D eigenvalue weighted by Crippen LogP contribution is -2.50. The van der Waals surface area contributed by atoms with Gasteiger partial charge in [-0.05, 0) is 26.0 Å². The van der Waals surface area contributed by atoms with Gasteiger partial charge < -0.3 is 4.90 Å². The number of rotatable bonds is 3. The van der Waals surface area contributed by atoms with Gasteiger partial charge in [0.1, 0.15) is 4.90 Å². The third kappa shape index (κ3) is 3.19. The Labute approximate surface area is 147 Å². The van der Waals surface area contributed by atoms with Gasteiger partial charge in [0, 0.05) is 38.8 Å². The van der Waals surface area contributed by atoms with E-state index in [4.69, 9.17) is 0 Å². The predicted octanol–water partition coefficient (Wildman–Crippen LogP) is 1.18. The summed E-state index contributed by atoms with van der Waals surface area (Å²) in [6, 6.07) is 9.05. The van der Waals surface area contributed by atoms with E-state index in [1.807, 2.05) is 18.2 Å². The Balaban J connectivity index is 1.75. The van der Waals surface area contributed by atoms with Gasteiger partial charge in [0.15, 0.2) is 0 Å². The number of sulfonamides is 1. The summed E-state index contributed by atoms with van der Waals surface area (Å²) in [4.78, 5) is 14.5. The van der Waals surface area contributed by atoms with Crippen LogP contribution < -0.4 is 0 Å². The Morgan fingerprint density at radius 1 is 1.04 bits per heavy atom. The molecule has 0 spiro atoms. The lowest BCUT2D eigenvalue weighted by molar-refractivity contribution is 0.0698. The molecule has 0 saturated carbocycles. The Morgan fingerprint density at radius 3 is 2.16 bits per heavy atom. The second-order valence-electron chi connectivity index (χ2n) is 6.19. The van der Waals surface area contributed by atoms with Crippen LogP contribution in [-0.2, 0) is 17.1 Å². The molecule has 0 unspecified atom stereocenters. The molecule has 1 saturated heterocycles. The number of nitrogens with zero attached hydrogens (tertiary/aromatic N) is 4. The minimum Gasteiger partial charge on any atom is -0.336 e. The number of piperazine rings is 1. The van der Waals surface area contributed by atoms with Crippen molar-refractivity contribution in [3.8, 4) is 0 Å². The lowest BCUT2D eigenvalue weighted by Gasteiger charge is -2.34. The molecule has 1 aliphatic rings. The number of benzene rings is 1. The number of amides is 1. The van der Waals surface area contributed by atoms with Crippen molar-refractivity contribution in [2.45, 2.75) is 18.7 Å². The van der Waals surface area contributed by atoms with Crippen molar-refractivity contribution in [1.82, 2.24) is 19.0 Å². The first-order valence-corrected chi connectivity index (χ1v) is 9.61. The van der Waals surface area contributed by atoms with Gasteiger partial charge in [-0.3, -0.25) is 9.48 Å². The number of aromatic nitrogens is 2. The van der Waals surface area contributed by atoms with Gasteiger partial charge in [-0.2, -0.15) is 9.40 Å². The van der Waals surface area contributed by atoms with Gasteiger partial charge in [-0.15, -0.1) is 0 Å². The number of aryl methyl sites for hydroxylation is 2. The van der Waals surface area contributed by atoms with Crippen molar-refractivity contribution in [2.75, 3.05) is 26.2 Å². The van der Waals surface area contributed by atoms with E-state index in [1.54, 1.807) is 42.6 Å². The van der Waals surface area contributed by atoms with Crippen LogP contribution in [0.3, 0.4) is 0 Å². The maximum absolute atomic E-state index is 13.0. The molecule has 1 amide bonds. The highest BCUT2D eigenvalue weighted by Gasteiger charge is 2.33. The van der Waals surface area contributed by atoms with Gasteiger partial charge in [0.25, 0.3) is 5.91 Å². The molecule has 0 radical (unpaired) electrons. The summed E-state index contributed by atoms with van der Waals surface area (Å²) >= 11 is 0. The first kappa shape index (κ1) is 17.6. The highest BCUT2D eigenvalue weighted by molar-refractivity contribution is 7.89. The average molecular weight is 362 g/mol. The third-order valence-corrected chi connectivity index (χ3v) is 6.74. The monoisotopic (exact) mass is 362 g/mol. The molecular weight excluding hydrogens is 340 g/mol. The molecule has 1 aromatic carbocycles. The smallest absolute Gasteiger partial charge is 0.253 e. The van der Waals surface area contributed by atoms with Crippen molar-refractivity contribution in [3.63, 3.8) is 0 Å². The van der Waals surface area contributed by atoms with Gasteiger partial charge in [0.2, 0.25) is 10.0 Å². The molecule has 3 rings (SSSR count). The molecule has 134 valence electrons. The fourth-order valence-electron chi connectivity index (χ4n) is 3.15. The van der Waals surface area contributed by atoms with Crippen LogP contribution in [0.4, 0.5) is 0 Å². The second kappa shape index (κ2) is 6.61. The van der Waals surface area contributed by atoms with Crippen LogP contribution in [-0.4, -0.2) is 59.5 Å². The van der Waals surface area contributed by atoms with Crippen LogP contribution in [0.25, 0.3) is 0 Å². The maximum Gasteiger partial charge on any atom is 0.253 e. The molecule has 0 bridgehead atoms. The zero-order chi connectivity index (χ0) is 18.2. The molecule has 1 fully saturated rings. The van der Waals surface area contributed by atoms with Gasteiger partial charge in [-0.1, -0.05) is 18.2 Å². The van der Waals surface area contributed by atoms with Crippen LogP contribution in [0, 0.1) is 13.8 Å². The van der Waals surface area contributed by atoms with Crippen molar-refractivity contribution in [3.05, 3.63) is 47.3 Å². The highest BCUT2D eigenvalue weighted by Crippen LogP contribution is 2.24. The molecular formula is C17H22N4O3S. The average Bonchev–Trinajstić information content (AvgIpc) is 2.87. The van der Waals surface area contributed by atoms with Crippen molar-refractivity contribution in [2.24, 2.45) is 7.05 Å². The first-order chi connectivity index (χ1) is 11.8. The maximum atomic E-state index is 13.0. The fourth-order valence-corrected chi connectivity index (χ4v) is 4.97. The normalized spacial score (nSPS) is 16.2. The zero-order valence-corrected chi connectivity index (χ0v) is 15.5. The van der Waals surface area contributed by atoms with Crippen LogP contribution in [0.1, 0.15) is 21.7 Å². The summed E-state index contributed by atoms with van der Waals surface area (Å²) in [6.45, 7) is 4.79. The molecule has 0 N–H and O–H groups in total. The van der Waals surface area contributed by atoms with Crippen molar-refractivity contribution < 1.29 is 13.2 Å². The van der Waals surface area contributed by atoms with Crippen LogP contribution in [0.2, 0.25) is 0 Å². The van der Waals surface area contributed by atoms with Crippen LogP contribution in [0.5, 0.6) is 0 Å². The molecule has 8 heteroatoms. The summed E-state index contributed by atoms with van der Waals surface area (Å²) in [5.41, 5.74) is 1.75. The molecule has 25 heavy (non-hydrogen) atoms. The zero-order valence-electron chi connectivity index (χ0n) is 14.6. The molecule has 2 aromatic rings. The number of hydrogen-bond acceptors (Lipinski definition) is 4. The lowest BCUT2D eigenvalue weighted by atomic mass is 10.2. The Bertz CT molecular complexity index is 882. The Kier molecular flexibility index (Phi) is 4.66. The topological polar surface area (TPSA) is 75.5 Å². The molecule has 2 heterocycles. The minimum absolute atomic E-state index is 0.0635. The molecule has 0 atom stereocenters. The predicted molar refractivity (Wildman–Crippen MR) is 93.8 cm³/mol. The highest BCUT2D eigenvalue weighted by atomic mass is 32.2. The van der Waals surface area contributed by atoms with E-state index < -0.39 is 10.0 Å². The summed E-state index contributed by atoms with van der Waals surface area (Å²) < 4.78 is 28.9. The van der Waals surface area contributed by atoms with Crippen molar-refractivity contribution in [1.29, 1.82) is 0 Å². The van der Waals surface area contributed by atoms with Crippen LogP contribution in [0.15, 0.2) is 35.2 Å². The largest absolute Gasteiger partial charge is 0.336 e. The van der Waals surface area contributed by atoms with E-state index in [0.717, 1.165) is 0 Å². The van der Waals surface area contributed by atoms with E-state index in [-0.39, 0.29) is 23.9 Å². The number of carbonyl (C=O) groups excluding carboxylic acids is 1. The van der Waals surface area contributed by atoms with Gasteiger partial charge >= 0.3 is 0 Å². The standard InChI is InChI=1S/C17H22N4O3S/c1-13-16(14(2)19(3)18-13)25(23,24)21-11-9-20(10-12-21)17(22)15-7-5-4-6-8-15/h4-8H,9-12H2,1-3H3. The Hall–Kier alpha value is -2.19. The molecule has 1 aromatic heterocycles. The van der Waals surface area contributed by atoms with Gasteiger partial charge in [-0.25, -0.2) is 8.42 Å². The van der Waals surface area contributed by atoms with Crippen molar-refractivity contribution >= 4 is 15.9 Å². The third-order valence-electron chi connectivity index (χ3n) is 4.59. The SMILES string of the molecule is Cc1nn(C)c(C)c1S(=O)(=O)N1CCN(C(=O)c2ccccc2)CC1. The summed E-state index contributed by atoms with van der Waals surface area (Å²) in [6.07, 6.45) is 0. The first-order valence-electron chi connectivity index (χ1n) is 8.17. The van der Waals surface area contributed by atoms with E-state index in [9.17, 15) is 13.2 Å². The quantitative estimate of drug-likeness (QED) is 0.822. The second-order valence-corrected chi connectivity index (χ2v) is 8.06. The molecule has 7 nitrogen and oxygen atoms in total. The van der Waals surface area contributed by atoms with E-state index in [2.05, 4.69) is 5.10 Å². The number of carbonyl (C=O) groups is 1. The van der Waals surface area contributed by atoms with E-state index in [1.165, 1.54) is 4.31 Å². The van der Waals surface area contributed by atoms with Crippen LogP contribution >= 0.6 is 0 Å². The van der Waals surface area contributed by atoms with E-state index >= 15 is 0 Å². The minimum atomic E-state index is -3.60. The van der Waals surface area contributed by atoms with Gasteiger partial charge in [0.05, 0.1) is 11.4 Å². The Morgan fingerprint density at radius 2 is 1.64 bits per heavy atom. The molecule has 1 aliphatic heterocycles. The molecule has 0 aliphatic carbocycles. The van der Waals surface area contributed by atoms with E-state index in [0.29, 0.717) is 30.0 Å². The summed E-state index contributed by atoms with van der Waals surface area (Å²) in [7, 11) is -1.87. The summed E-state index contributed by atoms with van der Waals surface area (Å²) in [5, 5.41) is 4.20. The number of hydrogen-bond donors (Lipinski definition) is 0. The fraction of sp³-hybridized carbons (Fsp3) is 0.412. The summed E-state index contributed by atoms with van der Waals surface area (Å²) in [5.74, 6) is -0.0635.